The number of rotatable bonds is 7. The number of anilines is 1. The summed E-state index contributed by atoms with van der Waals surface area (Å²) in [6.07, 6.45) is 1.01. The second kappa shape index (κ2) is 6.82. The first-order valence-electron chi connectivity index (χ1n) is 6.54. The van der Waals surface area contributed by atoms with E-state index in [-0.39, 0.29) is 0 Å². The average molecular weight is 347 g/mol. The van der Waals surface area contributed by atoms with Gasteiger partial charge in [0.05, 0.1) is 0 Å². The SMILES string of the molecule is CCCNCc1scc(C)c1S(=O)(=O)Nc1nnc(C)s1. The lowest BCUT2D eigenvalue weighted by molar-refractivity contribution is 0.598. The van der Waals surface area contributed by atoms with Gasteiger partial charge < -0.3 is 5.32 Å². The van der Waals surface area contributed by atoms with E-state index in [9.17, 15) is 8.42 Å². The Labute approximate surface area is 132 Å². The van der Waals surface area contributed by atoms with Crippen molar-refractivity contribution in [3.63, 3.8) is 0 Å². The lowest BCUT2D eigenvalue weighted by atomic mass is 10.3. The maximum Gasteiger partial charge on any atom is 0.265 e. The Morgan fingerprint density at radius 1 is 1.29 bits per heavy atom. The van der Waals surface area contributed by atoms with Crippen molar-refractivity contribution in [2.24, 2.45) is 0 Å². The van der Waals surface area contributed by atoms with Gasteiger partial charge in [-0.3, -0.25) is 4.72 Å². The van der Waals surface area contributed by atoms with E-state index >= 15 is 0 Å². The Hall–Kier alpha value is -1.03. The highest BCUT2D eigenvalue weighted by Crippen LogP contribution is 2.29. The molecule has 0 amide bonds. The predicted octanol–water partition coefficient (Wildman–Crippen LogP) is 2.52. The molecule has 0 aliphatic heterocycles. The minimum Gasteiger partial charge on any atom is -0.312 e. The molecule has 2 aromatic rings. The van der Waals surface area contributed by atoms with E-state index < -0.39 is 10.0 Å². The maximum atomic E-state index is 12.6. The first kappa shape index (κ1) is 16.3. The highest BCUT2D eigenvalue weighted by atomic mass is 32.2. The van der Waals surface area contributed by atoms with Crippen molar-refractivity contribution >= 4 is 37.8 Å². The fraction of sp³-hybridized carbons (Fsp3) is 0.500. The van der Waals surface area contributed by atoms with Crippen LogP contribution < -0.4 is 10.0 Å². The molecule has 0 aliphatic rings. The quantitative estimate of drug-likeness (QED) is 0.753. The summed E-state index contributed by atoms with van der Waals surface area (Å²) in [7, 11) is -3.63. The molecule has 0 saturated heterocycles. The van der Waals surface area contributed by atoms with Crippen molar-refractivity contribution in [2.75, 3.05) is 11.3 Å². The summed E-state index contributed by atoms with van der Waals surface area (Å²) in [4.78, 5) is 1.17. The van der Waals surface area contributed by atoms with Crippen LogP contribution in [-0.4, -0.2) is 25.2 Å². The van der Waals surface area contributed by atoms with E-state index in [0.29, 0.717) is 16.6 Å². The number of aromatic nitrogens is 2. The number of sulfonamides is 1. The van der Waals surface area contributed by atoms with Crippen LogP contribution >= 0.6 is 22.7 Å². The van der Waals surface area contributed by atoms with Crippen LogP contribution in [0.25, 0.3) is 0 Å². The van der Waals surface area contributed by atoms with E-state index in [1.54, 1.807) is 13.8 Å². The van der Waals surface area contributed by atoms with Crippen LogP contribution in [0, 0.1) is 13.8 Å². The van der Waals surface area contributed by atoms with Gasteiger partial charge in [0.2, 0.25) is 5.13 Å². The molecular formula is C12H18N4O2S3. The van der Waals surface area contributed by atoms with E-state index in [4.69, 9.17) is 0 Å². The summed E-state index contributed by atoms with van der Waals surface area (Å²) in [6.45, 7) is 7.08. The first-order chi connectivity index (χ1) is 9.94. The number of hydrogen-bond acceptors (Lipinski definition) is 7. The van der Waals surface area contributed by atoms with Crippen molar-refractivity contribution in [1.82, 2.24) is 15.5 Å². The molecule has 0 bridgehead atoms. The Bertz CT molecular complexity index is 706. The van der Waals surface area contributed by atoms with Crippen molar-refractivity contribution in [2.45, 2.75) is 38.6 Å². The first-order valence-corrected chi connectivity index (χ1v) is 9.72. The standard InChI is InChI=1S/C12H18N4O2S3/c1-4-5-13-6-10-11(8(2)7-19-10)21(17,18)16-12-15-14-9(3)20-12/h7,13H,4-6H2,1-3H3,(H,15,16). The molecule has 2 heterocycles. The normalized spacial score (nSPS) is 11.8. The molecule has 0 aliphatic carbocycles. The highest BCUT2D eigenvalue weighted by Gasteiger charge is 2.24. The second-order valence-corrected chi connectivity index (χ2v) is 8.34. The molecule has 2 rings (SSSR count). The summed E-state index contributed by atoms with van der Waals surface area (Å²) in [5.74, 6) is 0. The fourth-order valence-electron chi connectivity index (χ4n) is 1.85. The third kappa shape index (κ3) is 4.00. The smallest absolute Gasteiger partial charge is 0.265 e. The van der Waals surface area contributed by atoms with Crippen LogP contribution in [0.2, 0.25) is 0 Å². The molecule has 0 unspecified atom stereocenters. The zero-order valence-electron chi connectivity index (χ0n) is 12.1. The molecule has 0 fully saturated rings. The van der Waals surface area contributed by atoms with Gasteiger partial charge >= 0.3 is 0 Å². The molecule has 0 spiro atoms. The van der Waals surface area contributed by atoms with Crippen LogP contribution in [0.1, 0.15) is 28.8 Å². The van der Waals surface area contributed by atoms with Crippen molar-refractivity contribution in [3.8, 4) is 0 Å². The van der Waals surface area contributed by atoms with E-state index in [1.807, 2.05) is 5.38 Å². The van der Waals surface area contributed by atoms with Crippen LogP contribution in [0.5, 0.6) is 0 Å². The highest BCUT2D eigenvalue weighted by molar-refractivity contribution is 7.93. The molecule has 9 heteroatoms. The Morgan fingerprint density at radius 2 is 2.05 bits per heavy atom. The van der Waals surface area contributed by atoms with E-state index in [2.05, 4.69) is 27.2 Å². The van der Waals surface area contributed by atoms with E-state index in [0.717, 1.165) is 28.4 Å². The van der Waals surface area contributed by atoms with Gasteiger partial charge in [0.25, 0.3) is 10.0 Å². The van der Waals surface area contributed by atoms with Crippen molar-refractivity contribution < 1.29 is 8.42 Å². The third-order valence-electron chi connectivity index (χ3n) is 2.72. The van der Waals surface area contributed by atoms with Gasteiger partial charge in [-0.1, -0.05) is 18.3 Å². The fourth-order valence-corrected chi connectivity index (χ4v) is 5.46. The largest absolute Gasteiger partial charge is 0.312 e. The molecule has 0 aromatic carbocycles. The summed E-state index contributed by atoms with van der Waals surface area (Å²) < 4.78 is 27.6. The van der Waals surface area contributed by atoms with Gasteiger partial charge in [0.15, 0.2) is 0 Å². The molecule has 0 saturated carbocycles. The summed E-state index contributed by atoms with van der Waals surface area (Å²) in [5.41, 5.74) is 0.752. The summed E-state index contributed by atoms with van der Waals surface area (Å²) >= 11 is 2.68. The van der Waals surface area contributed by atoms with Crippen LogP contribution in [0.15, 0.2) is 10.3 Å². The summed E-state index contributed by atoms with van der Waals surface area (Å²) in [5, 5.41) is 13.8. The number of nitrogens with zero attached hydrogens (tertiary/aromatic N) is 2. The van der Waals surface area contributed by atoms with Gasteiger partial charge in [-0.25, -0.2) is 8.42 Å². The second-order valence-electron chi connectivity index (χ2n) is 4.58. The Kier molecular flexibility index (Phi) is 5.31. The zero-order valence-corrected chi connectivity index (χ0v) is 14.6. The number of thiophene rings is 1. The van der Waals surface area contributed by atoms with Crippen molar-refractivity contribution in [1.29, 1.82) is 0 Å². The minimum atomic E-state index is -3.63. The molecule has 21 heavy (non-hydrogen) atoms. The monoisotopic (exact) mass is 346 g/mol. The van der Waals surface area contributed by atoms with Gasteiger partial charge in [0, 0.05) is 11.4 Å². The lowest BCUT2D eigenvalue weighted by Gasteiger charge is -2.08. The van der Waals surface area contributed by atoms with Crippen LogP contribution in [0.3, 0.4) is 0 Å². The van der Waals surface area contributed by atoms with Gasteiger partial charge in [0.1, 0.15) is 9.90 Å². The molecule has 2 aromatic heterocycles. The van der Waals surface area contributed by atoms with Gasteiger partial charge in [-0.2, -0.15) is 0 Å². The summed E-state index contributed by atoms with van der Waals surface area (Å²) in [6, 6.07) is 0. The average Bonchev–Trinajstić information content (AvgIpc) is 2.96. The van der Waals surface area contributed by atoms with E-state index in [1.165, 1.54) is 22.7 Å². The number of nitrogens with one attached hydrogen (secondary N) is 2. The minimum absolute atomic E-state index is 0.297. The lowest BCUT2D eigenvalue weighted by Crippen LogP contribution is -2.18. The molecule has 0 radical (unpaired) electrons. The molecular weight excluding hydrogens is 328 g/mol. The van der Waals surface area contributed by atoms with Crippen LogP contribution in [0.4, 0.5) is 5.13 Å². The zero-order chi connectivity index (χ0) is 15.5. The predicted molar refractivity (Wildman–Crippen MR) is 86.5 cm³/mol. The van der Waals surface area contributed by atoms with Gasteiger partial charge in [-0.15, -0.1) is 21.5 Å². The molecule has 116 valence electrons. The van der Waals surface area contributed by atoms with Crippen molar-refractivity contribution in [3.05, 3.63) is 20.8 Å². The van der Waals surface area contributed by atoms with Gasteiger partial charge in [-0.05, 0) is 37.8 Å². The Balaban J connectivity index is 2.24. The number of aryl methyl sites for hydroxylation is 2. The topological polar surface area (TPSA) is 84.0 Å². The number of hydrogen-bond donors (Lipinski definition) is 2. The maximum absolute atomic E-state index is 12.6. The molecule has 6 nitrogen and oxygen atoms in total. The third-order valence-corrected chi connectivity index (χ3v) is 6.40. The van der Waals surface area contributed by atoms with Crippen LogP contribution in [-0.2, 0) is 16.6 Å². The molecule has 2 N–H and O–H groups in total. The Morgan fingerprint density at radius 3 is 2.67 bits per heavy atom. The molecule has 0 atom stereocenters.